The van der Waals surface area contributed by atoms with Crippen LogP contribution in [0.15, 0.2) is 58.4 Å². The van der Waals surface area contributed by atoms with Crippen LogP contribution in [0.2, 0.25) is 0 Å². The number of benzene rings is 2. The van der Waals surface area contributed by atoms with Crippen molar-refractivity contribution in [2.24, 2.45) is 29.6 Å². The summed E-state index contributed by atoms with van der Waals surface area (Å²) in [7, 11) is 0. The topological polar surface area (TPSA) is 106 Å². The summed E-state index contributed by atoms with van der Waals surface area (Å²) in [5, 5.41) is 0.576. The maximum atomic E-state index is 13.9. The summed E-state index contributed by atoms with van der Waals surface area (Å²) >= 11 is 2.59. The van der Waals surface area contributed by atoms with Gasteiger partial charge in [-0.05, 0) is 60.9 Å². The summed E-state index contributed by atoms with van der Waals surface area (Å²) in [6.07, 6.45) is -4.14. The highest BCUT2D eigenvalue weighted by molar-refractivity contribution is 8.00. The van der Waals surface area contributed by atoms with E-state index in [-0.39, 0.29) is 47.0 Å². The molecule has 2 amide bonds. The third-order valence-electron chi connectivity index (χ3n) is 9.05. The number of para-hydroxylation sites is 1. The summed E-state index contributed by atoms with van der Waals surface area (Å²) < 4.78 is 52.3. The van der Waals surface area contributed by atoms with Gasteiger partial charge in [0.1, 0.15) is 5.75 Å². The van der Waals surface area contributed by atoms with Crippen molar-refractivity contribution in [2.45, 2.75) is 35.7 Å². The molecule has 4 aliphatic rings. The molecule has 2 saturated carbocycles. The zero-order chi connectivity index (χ0) is 30.2. The molecule has 224 valence electrons. The summed E-state index contributed by atoms with van der Waals surface area (Å²) in [5.74, 6) is -3.70. The molecule has 2 bridgehead atoms. The first-order valence-corrected chi connectivity index (χ1v) is 15.6. The van der Waals surface area contributed by atoms with E-state index in [0.717, 1.165) is 32.7 Å². The number of fused-ring (bicyclic) bond motifs is 9. The van der Waals surface area contributed by atoms with Crippen LogP contribution in [0.1, 0.15) is 35.3 Å². The van der Waals surface area contributed by atoms with E-state index < -0.39 is 47.0 Å². The molecule has 7 atom stereocenters. The van der Waals surface area contributed by atoms with Gasteiger partial charge in [-0.2, -0.15) is 13.2 Å². The number of halogens is 3. The lowest BCUT2D eigenvalue weighted by atomic mass is 9.68. The number of nitrogens with zero attached hydrogens (tertiary/aromatic N) is 1. The molecule has 3 aromatic rings. The smallest absolute Gasteiger partial charge is 0.418 e. The molecule has 0 radical (unpaired) electrons. The lowest BCUT2D eigenvalue weighted by Gasteiger charge is -2.43. The Labute approximate surface area is 251 Å². The molecule has 0 spiro atoms. The Bertz CT molecular complexity index is 1700. The summed E-state index contributed by atoms with van der Waals surface area (Å²) in [4.78, 5) is 56.3. The van der Waals surface area contributed by atoms with Crippen LogP contribution in [0, 0.1) is 29.6 Å². The van der Waals surface area contributed by atoms with Crippen LogP contribution >= 0.6 is 23.1 Å². The average Bonchev–Trinajstić information content (AvgIpc) is 3.70. The second-order valence-electron chi connectivity index (χ2n) is 11.2. The van der Waals surface area contributed by atoms with Gasteiger partial charge in [-0.25, -0.2) is 9.69 Å². The number of nitrogens with one attached hydrogen (secondary N) is 1. The van der Waals surface area contributed by atoms with E-state index in [1.54, 1.807) is 19.1 Å². The van der Waals surface area contributed by atoms with Crippen molar-refractivity contribution in [1.29, 1.82) is 0 Å². The van der Waals surface area contributed by atoms with E-state index in [2.05, 4.69) is 4.98 Å². The van der Waals surface area contributed by atoms with Crippen molar-refractivity contribution in [3.63, 3.8) is 0 Å². The Balaban J connectivity index is 1.26. The van der Waals surface area contributed by atoms with Gasteiger partial charge < -0.3 is 14.5 Å². The fourth-order valence-electron chi connectivity index (χ4n) is 7.68. The second kappa shape index (κ2) is 10.3. The standard InChI is InChI=1S/C30H25F3N2O6S2/c1-2-40-19(36)12-41-14-7-5-6-13(10-14)20-21-15-11-16(24(21)42-26-25(20)43-29(39)34-26)23-22(15)27(37)35(28(23)38)18-9-4-3-8-17(18)30(31,32)33/h3-10,15-16,20-24H,2,11-12H2,1H3,(H,34,39)/t15?,16?,20-,21?,22?,23?,24?/m1/s1. The number of carbonyl (C=O) groups excluding carboxylic acids is 3. The summed E-state index contributed by atoms with van der Waals surface area (Å²) in [5.41, 5.74) is -0.623. The molecule has 6 unspecified atom stereocenters. The Kier molecular flexibility index (Phi) is 6.73. The molecular weight excluding hydrogens is 605 g/mol. The molecule has 2 aliphatic carbocycles. The minimum Gasteiger partial charge on any atom is -0.482 e. The first-order valence-electron chi connectivity index (χ1n) is 13.9. The Morgan fingerprint density at radius 2 is 1.79 bits per heavy atom. The molecule has 2 aromatic carbocycles. The van der Waals surface area contributed by atoms with Crippen LogP contribution in [-0.2, 0) is 25.3 Å². The number of carbonyl (C=O) groups is 3. The number of ether oxygens (including phenoxy) is 2. The van der Waals surface area contributed by atoms with Crippen LogP contribution in [-0.4, -0.2) is 41.2 Å². The molecule has 3 heterocycles. The number of thiazole rings is 1. The Morgan fingerprint density at radius 1 is 1.05 bits per heavy atom. The molecule has 1 N–H and O–H groups in total. The van der Waals surface area contributed by atoms with Gasteiger partial charge in [0.05, 0.1) is 34.7 Å². The van der Waals surface area contributed by atoms with Gasteiger partial charge in [-0.3, -0.25) is 14.4 Å². The van der Waals surface area contributed by atoms with E-state index in [4.69, 9.17) is 9.47 Å². The number of amides is 2. The van der Waals surface area contributed by atoms with Crippen molar-refractivity contribution in [2.75, 3.05) is 18.1 Å². The number of hydrogen-bond acceptors (Lipinski definition) is 8. The quantitative estimate of drug-likeness (QED) is 0.299. The molecule has 8 nitrogen and oxygen atoms in total. The van der Waals surface area contributed by atoms with Crippen LogP contribution in [0.5, 0.6) is 5.75 Å². The van der Waals surface area contributed by atoms with Gasteiger partial charge in [0.25, 0.3) is 0 Å². The summed E-state index contributed by atoms with van der Waals surface area (Å²) in [6.45, 7) is 1.66. The number of imide groups is 1. The van der Waals surface area contributed by atoms with Gasteiger partial charge in [0, 0.05) is 16.0 Å². The summed E-state index contributed by atoms with van der Waals surface area (Å²) in [6, 6.07) is 11.9. The molecule has 1 saturated heterocycles. The first kappa shape index (κ1) is 28.2. The number of esters is 1. The molecular formula is C30H25F3N2O6S2. The largest absolute Gasteiger partial charge is 0.482 e. The Hall–Kier alpha value is -3.58. The van der Waals surface area contributed by atoms with E-state index in [9.17, 15) is 32.3 Å². The fraction of sp³-hybridized carbons (Fsp3) is 0.400. The second-order valence-corrected chi connectivity index (χ2v) is 13.4. The highest BCUT2D eigenvalue weighted by Crippen LogP contribution is 2.69. The van der Waals surface area contributed by atoms with Gasteiger partial charge >= 0.3 is 17.0 Å². The average molecular weight is 631 g/mol. The number of hydrogen-bond donors (Lipinski definition) is 1. The first-order chi connectivity index (χ1) is 20.6. The van der Waals surface area contributed by atoms with E-state index in [0.29, 0.717) is 17.2 Å². The van der Waals surface area contributed by atoms with Gasteiger partial charge in [-0.15, -0.1) is 11.8 Å². The van der Waals surface area contributed by atoms with Crippen molar-refractivity contribution >= 4 is 46.6 Å². The number of aromatic amines is 1. The number of rotatable bonds is 6. The van der Waals surface area contributed by atoms with Crippen molar-refractivity contribution < 1.29 is 37.0 Å². The zero-order valence-electron chi connectivity index (χ0n) is 22.6. The van der Waals surface area contributed by atoms with E-state index in [1.807, 2.05) is 12.1 Å². The minimum absolute atomic E-state index is 0.132. The lowest BCUT2D eigenvalue weighted by molar-refractivity contribution is -0.145. The zero-order valence-corrected chi connectivity index (χ0v) is 24.3. The lowest BCUT2D eigenvalue weighted by Crippen LogP contribution is -2.42. The third-order valence-corrected chi connectivity index (χ3v) is 11.6. The minimum atomic E-state index is -4.73. The van der Waals surface area contributed by atoms with Gasteiger partial charge in [0.15, 0.2) is 6.61 Å². The number of anilines is 1. The van der Waals surface area contributed by atoms with Crippen LogP contribution < -0.4 is 14.5 Å². The third kappa shape index (κ3) is 4.42. The molecule has 3 fully saturated rings. The van der Waals surface area contributed by atoms with Crippen molar-refractivity contribution in [3.8, 4) is 5.75 Å². The predicted molar refractivity (Wildman–Crippen MR) is 151 cm³/mol. The van der Waals surface area contributed by atoms with Gasteiger partial charge in [0.2, 0.25) is 11.8 Å². The molecule has 2 aliphatic heterocycles. The monoisotopic (exact) mass is 630 g/mol. The van der Waals surface area contributed by atoms with Crippen LogP contribution in [0.4, 0.5) is 18.9 Å². The SMILES string of the molecule is CCOC(=O)COc1cccc([C@H]2c3sc(=O)[nH]c3SC3C4CC(C5C(=O)N(c6ccccc6C(F)(F)F)C(=O)C45)C32)c1. The van der Waals surface area contributed by atoms with Gasteiger partial charge in [-0.1, -0.05) is 35.6 Å². The maximum absolute atomic E-state index is 13.9. The number of alkyl halides is 3. The van der Waals surface area contributed by atoms with Crippen LogP contribution in [0.3, 0.4) is 0 Å². The number of H-pyrrole nitrogens is 1. The van der Waals surface area contributed by atoms with Crippen molar-refractivity contribution in [3.05, 3.63) is 74.2 Å². The Morgan fingerprint density at radius 3 is 2.53 bits per heavy atom. The highest BCUT2D eigenvalue weighted by Gasteiger charge is 2.70. The normalized spacial score (nSPS) is 28.9. The number of thioether (sulfide) groups is 1. The predicted octanol–water partition coefficient (Wildman–Crippen LogP) is 5.08. The molecule has 43 heavy (non-hydrogen) atoms. The van der Waals surface area contributed by atoms with E-state index >= 15 is 0 Å². The van der Waals surface area contributed by atoms with Crippen molar-refractivity contribution in [1.82, 2.24) is 4.98 Å². The number of aromatic nitrogens is 1. The maximum Gasteiger partial charge on any atom is 0.418 e. The van der Waals surface area contributed by atoms with E-state index in [1.165, 1.54) is 30.0 Å². The van der Waals surface area contributed by atoms with Crippen LogP contribution in [0.25, 0.3) is 0 Å². The molecule has 7 rings (SSSR count). The highest BCUT2D eigenvalue weighted by atomic mass is 32.2. The molecule has 13 heteroatoms. The molecule has 1 aromatic heterocycles. The fourth-order valence-corrected chi connectivity index (χ4v) is 10.6.